The highest BCUT2D eigenvalue weighted by molar-refractivity contribution is 9.10. The van der Waals surface area contributed by atoms with Crippen molar-refractivity contribution in [2.24, 2.45) is 0 Å². The van der Waals surface area contributed by atoms with Gasteiger partial charge in [-0.15, -0.1) is 11.3 Å². The fourth-order valence-electron chi connectivity index (χ4n) is 1.21. The Morgan fingerprint density at radius 2 is 2.06 bits per heavy atom. The van der Waals surface area contributed by atoms with Gasteiger partial charge in [-0.05, 0) is 34.5 Å². The van der Waals surface area contributed by atoms with Crippen molar-refractivity contribution in [2.45, 2.75) is 13.3 Å². The first kappa shape index (κ1) is 12.3. The van der Waals surface area contributed by atoms with Crippen molar-refractivity contribution in [3.05, 3.63) is 31.8 Å². The van der Waals surface area contributed by atoms with E-state index in [9.17, 15) is 0 Å². The summed E-state index contributed by atoms with van der Waals surface area (Å²) < 4.78 is 1.55. The lowest BCUT2D eigenvalue weighted by Gasteiger charge is -2.00. The van der Waals surface area contributed by atoms with Crippen molar-refractivity contribution >= 4 is 50.5 Å². The predicted octanol–water partition coefficient (Wildman–Crippen LogP) is 4.84. The summed E-state index contributed by atoms with van der Waals surface area (Å²) in [6, 6.07) is 3.67. The molecule has 0 unspecified atom stereocenters. The molecule has 0 saturated heterocycles. The standard InChI is InChI=1S/C10H7BrCl2N2S/c1-2-5-3-8(12)15-10(14-5)7-4-6(11)9(13)16-7/h3-4H,2H2,1H3. The third-order valence-corrected chi connectivity index (χ3v) is 4.64. The van der Waals surface area contributed by atoms with Gasteiger partial charge >= 0.3 is 0 Å². The Morgan fingerprint density at radius 1 is 1.31 bits per heavy atom. The smallest absolute Gasteiger partial charge is 0.171 e. The van der Waals surface area contributed by atoms with Gasteiger partial charge < -0.3 is 0 Å². The second-order valence-corrected chi connectivity index (χ2v) is 5.99. The van der Waals surface area contributed by atoms with Gasteiger partial charge in [-0.25, -0.2) is 9.97 Å². The van der Waals surface area contributed by atoms with Crippen LogP contribution in [0.1, 0.15) is 12.6 Å². The van der Waals surface area contributed by atoms with Crippen LogP contribution in [0, 0.1) is 0 Å². The molecule has 0 aliphatic rings. The molecule has 0 aliphatic heterocycles. The molecule has 6 heteroatoms. The number of rotatable bonds is 2. The fraction of sp³-hybridized carbons (Fsp3) is 0.200. The third kappa shape index (κ3) is 2.56. The normalized spacial score (nSPS) is 10.8. The largest absolute Gasteiger partial charge is 0.232 e. The molecule has 0 atom stereocenters. The van der Waals surface area contributed by atoms with Crippen molar-refractivity contribution in [3.8, 4) is 10.7 Å². The molecule has 0 saturated carbocycles. The number of hydrogen-bond donors (Lipinski definition) is 0. The number of nitrogens with zero attached hydrogens (tertiary/aromatic N) is 2. The topological polar surface area (TPSA) is 25.8 Å². The van der Waals surface area contributed by atoms with Crippen molar-refractivity contribution < 1.29 is 0 Å². The first-order valence-corrected chi connectivity index (χ1v) is 6.95. The molecule has 0 amide bonds. The van der Waals surface area contributed by atoms with Crippen molar-refractivity contribution in [2.75, 3.05) is 0 Å². The van der Waals surface area contributed by atoms with Crippen molar-refractivity contribution in [1.82, 2.24) is 9.97 Å². The fourth-order valence-corrected chi connectivity index (χ4v) is 3.05. The molecule has 16 heavy (non-hydrogen) atoms. The molecule has 0 aromatic carbocycles. The second kappa shape index (κ2) is 5.00. The monoisotopic (exact) mass is 336 g/mol. The second-order valence-electron chi connectivity index (χ2n) is 3.09. The molecular formula is C10H7BrCl2N2S. The number of aromatic nitrogens is 2. The Hall–Kier alpha value is -0.160. The Balaban J connectivity index is 2.50. The maximum Gasteiger partial charge on any atom is 0.171 e. The summed E-state index contributed by atoms with van der Waals surface area (Å²) in [4.78, 5) is 9.52. The Morgan fingerprint density at radius 3 is 2.62 bits per heavy atom. The van der Waals surface area contributed by atoms with E-state index in [1.807, 2.05) is 13.0 Å². The van der Waals surface area contributed by atoms with E-state index in [-0.39, 0.29) is 0 Å². The molecule has 84 valence electrons. The van der Waals surface area contributed by atoms with E-state index in [0.717, 1.165) is 21.5 Å². The lowest BCUT2D eigenvalue weighted by molar-refractivity contribution is 1.01. The minimum absolute atomic E-state index is 0.461. The van der Waals surface area contributed by atoms with Crippen LogP contribution in [-0.2, 0) is 6.42 Å². The zero-order valence-corrected chi connectivity index (χ0v) is 12.2. The maximum atomic E-state index is 5.98. The van der Waals surface area contributed by atoms with Gasteiger partial charge in [0, 0.05) is 10.2 Å². The Kier molecular flexibility index (Phi) is 3.85. The van der Waals surface area contributed by atoms with Crippen LogP contribution in [0.4, 0.5) is 0 Å². The summed E-state index contributed by atoms with van der Waals surface area (Å²) in [5.74, 6) is 0.627. The molecule has 0 radical (unpaired) electrons. The number of thiophene rings is 1. The van der Waals surface area contributed by atoms with E-state index < -0.39 is 0 Å². The minimum Gasteiger partial charge on any atom is -0.232 e. The Bertz CT molecular complexity index is 508. The highest BCUT2D eigenvalue weighted by atomic mass is 79.9. The average molecular weight is 338 g/mol. The van der Waals surface area contributed by atoms with Crippen LogP contribution in [-0.4, -0.2) is 9.97 Å². The molecule has 0 bridgehead atoms. The average Bonchev–Trinajstić information content (AvgIpc) is 2.58. The summed E-state index contributed by atoms with van der Waals surface area (Å²) in [6.45, 7) is 2.03. The van der Waals surface area contributed by atoms with Crippen LogP contribution < -0.4 is 0 Å². The van der Waals surface area contributed by atoms with Crippen molar-refractivity contribution in [3.63, 3.8) is 0 Å². The summed E-state index contributed by atoms with van der Waals surface area (Å²) in [5.41, 5.74) is 0.927. The van der Waals surface area contributed by atoms with Gasteiger partial charge in [-0.1, -0.05) is 30.1 Å². The summed E-state index contributed by atoms with van der Waals surface area (Å²) >= 11 is 16.7. The summed E-state index contributed by atoms with van der Waals surface area (Å²) in [7, 11) is 0. The van der Waals surface area contributed by atoms with Gasteiger partial charge in [0.2, 0.25) is 0 Å². The molecular weight excluding hydrogens is 331 g/mol. The molecule has 0 aliphatic carbocycles. The molecule has 0 fully saturated rings. The van der Waals surface area contributed by atoms with E-state index >= 15 is 0 Å². The minimum atomic E-state index is 0.461. The van der Waals surface area contributed by atoms with Crippen molar-refractivity contribution in [1.29, 1.82) is 0 Å². The number of aryl methyl sites for hydroxylation is 1. The van der Waals surface area contributed by atoms with Crippen LogP contribution in [0.5, 0.6) is 0 Å². The van der Waals surface area contributed by atoms with E-state index in [4.69, 9.17) is 23.2 Å². The summed E-state index contributed by atoms with van der Waals surface area (Å²) in [6.07, 6.45) is 0.829. The highest BCUT2D eigenvalue weighted by Gasteiger charge is 2.10. The van der Waals surface area contributed by atoms with Crippen LogP contribution in [0.2, 0.25) is 9.49 Å². The molecule has 2 aromatic rings. The quantitative estimate of drug-likeness (QED) is 0.733. The van der Waals surface area contributed by atoms with Gasteiger partial charge in [-0.3, -0.25) is 0 Å². The zero-order valence-electron chi connectivity index (χ0n) is 8.30. The molecule has 0 N–H and O–H groups in total. The SMILES string of the molecule is CCc1cc(Cl)nc(-c2cc(Br)c(Cl)s2)n1. The van der Waals surface area contributed by atoms with Crippen LogP contribution in [0.15, 0.2) is 16.6 Å². The van der Waals surface area contributed by atoms with Crippen LogP contribution in [0.25, 0.3) is 10.7 Å². The molecule has 0 spiro atoms. The van der Waals surface area contributed by atoms with E-state index in [2.05, 4.69) is 25.9 Å². The maximum absolute atomic E-state index is 5.98. The van der Waals surface area contributed by atoms with Crippen LogP contribution >= 0.6 is 50.5 Å². The van der Waals surface area contributed by atoms with E-state index in [0.29, 0.717) is 15.3 Å². The zero-order chi connectivity index (χ0) is 11.7. The molecule has 2 nitrogen and oxygen atoms in total. The summed E-state index contributed by atoms with van der Waals surface area (Å²) in [5, 5.41) is 0.461. The van der Waals surface area contributed by atoms with Crippen LogP contribution in [0.3, 0.4) is 0 Å². The van der Waals surface area contributed by atoms with Gasteiger partial charge in [0.05, 0.1) is 4.88 Å². The van der Waals surface area contributed by atoms with Gasteiger partial charge in [0.15, 0.2) is 5.82 Å². The third-order valence-electron chi connectivity index (χ3n) is 1.98. The molecule has 2 heterocycles. The molecule has 2 rings (SSSR count). The lowest BCUT2D eigenvalue weighted by atomic mass is 10.3. The predicted molar refractivity (Wildman–Crippen MR) is 72.4 cm³/mol. The van der Waals surface area contributed by atoms with E-state index in [1.165, 1.54) is 11.3 Å². The molecule has 2 aromatic heterocycles. The highest BCUT2D eigenvalue weighted by Crippen LogP contribution is 2.36. The van der Waals surface area contributed by atoms with E-state index in [1.54, 1.807) is 6.07 Å². The first-order chi connectivity index (χ1) is 7.60. The Labute approximate surface area is 116 Å². The van der Waals surface area contributed by atoms with Gasteiger partial charge in [-0.2, -0.15) is 0 Å². The first-order valence-electron chi connectivity index (χ1n) is 4.58. The number of hydrogen-bond acceptors (Lipinski definition) is 3. The van der Waals surface area contributed by atoms with Gasteiger partial charge in [0.25, 0.3) is 0 Å². The number of halogens is 3. The van der Waals surface area contributed by atoms with Gasteiger partial charge in [0.1, 0.15) is 9.49 Å². The lowest BCUT2D eigenvalue weighted by Crippen LogP contribution is -1.93.